The van der Waals surface area contributed by atoms with Crippen molar-refractivity contribution in [1.82, 2.24) is 0 Å². The Hall–Kier alpha value is -0.630. The number of rotatable bonds is 5. The molecule has 1 atom stereocenters. The number of phenolic OH excluding ortho intramolecular Hbond substituents is 1. The van der Waals surface area contributed by atoms with E-state index in [1.807, 2.05) is 0 Å². The van der Waals surface area contributed by atoms with Gasteiger partial charge in [-0.3, -0.25) is 0 Å². The first kappa shape index (κ1) is 13.4. The highest BCUT2D eigenvalue weighted by Crippen LogP contribution is 2.50. The van der Waals surface area contributed by atoms with Crippen LogP contribution in [0.3, 0.4) is 0 Å². The highest BCUT2D eigenvalue weighted by molar-refractivity contribution is 8.32. The Morgan fingerprint density at radius 3 is 2.25 bits per heavy atom. The molecule has 0 aliphatic rings. The zero-order valence-electron chi connectivity index (χ0n) is 10.9. The number of aromatic hydroxyl groups is 1. The fourth-order valence-electron chi connectivity index (χ4n) is 1.63. The predicted octanol–water partition coefficient (Wildman–Crippen LogP) is 4.25. The second-order valence-electron chi connectivity index (χ2n) is 5.04. The van der Waals surface area contributed by atoms with Crippen molar-refractivity contribution in [3.8, 4) is 5.75 Å². The lowest BCUT2D eigenvalue weighted by molar-refractivity contribution is 0.475. The molecule has 0 fully saturated rings. The van der Waals surface area contributed by atoms with Gasteiger partial charge in [0.1, 0.15) is 5.75 Å². The quantitative estimate of drug-likeness (QED) is 0.815. The summed E-state index contributed by atoms with van der Waals surface area (Å²) < 4.78 is 0. The van der Waals surface area contributed by atoms with Crippen molar-refractivity contribution in [2.24, 2.45) is 5.92 Å². The summed E-state index contributed by atoms with van der Waals surface area (Å²) >= 11 is 0. The van der Waals surface area contributed by atoms with Crippen molar-refractivity contribution in [2.75, 3.05) is 18.3 Å². The minimum Gasteiger partial charge on any atom is -0.508 e. The van der Waals surface area contributed by atoms with E-state index in [1.165, 1.54) is 23.5 Å². The van der Waals surface area contributed by atoms with Crippen LogP contribution in [0.2, 0.25) is 0 Å². The molecule has 16 heavy (non-hydrogen) atoms. The first-order chi connectivity index (χ1) is 7.45. The smallest absolute Gasteiger partial charge is 0.115 e. The van der Waals surface area contributed by atoms with Gasteiger partial charge in [-0.05, 0) is 59.8 Å². The molecule has 1 nitrogen and oxygen atoms in total. The molecule has 1 unspecified atom stereocenters. The molecule has 0 aliphatic carbocycles. The van der Waals surface area contributed by atoms with E-state index in [0.29, 0.717) is 5.75 Å². The Labute approximate surface area is 101 Å². The van der Waals surface area contributed by atoms with Crippen LogP contribution in [0.15, 0.2) is 29.2 Å². The van der Waals surface area contributed by atoms with Gasteiger partial charge in [-0.2, -0.15) is 0 Å². The fourth-order valence-corrected chi connectivity index (χ4v) is 3.73. The maximum absolute atomic E-state index is 9.29. The SMILES string of the molecule is CCC(C)CCS(C)(C)c1ccc(O)cc1. The van der Waals surface area contributed by atoms with Crippen molar-refractivity contribution in [1.29, 1.82) is 0 Å². The van der Waals surface area contributed by atoms with E-state index < -0.39 is 10.0 Å². The maximum atomic E-state index is 9.29. The van der Waals surface area contributed by atoms with Crippen LogP contribution < -0.4 is 0 Å². The summed E-state index contributed by atoms with van der Waals surface area (Å²) in [4.78, 5) is 1.40. The highest BCUT2D eigenvalue weighted by atomic mass is 32.3. The van der Waals surface area contributed by atoms with Crippen LogP contribution in [-0.2, 0) is 0 Å². The summed E-state index contributed by atoms with van der Waals surface area (Å²) in [5, 5.41) is 9.29. The van der Waals surface area contributed by atoms with Crippen LogP contribution in [-0.4, -0.2) is 23.4 Å². The topological polar surface area (TPSA) is 20.2 Å². The van der Waals surface area contributed by atoms with Gasteiger partial charge < -0.3 is 5.11 Å². The minimum atomic E-state index is -0.693. The lowest BCUT2D eigenvalue weighted by atomic mass is 10.1. The van der Waals surface area contributed by atoms with Gasteiger partial charge in [0.15, 0.2) is 0 Å². The van der Waals surface area contributed by atoms with E-state index in [-0.39, 0.29) is 0 Å². The Bertz CT molecular complexity index is 316. The summed E-state index contributed by atoms with van der Waals surface area (Å²) in [5.74, 6) is 2.47. The molecule has 0 radical (unpaired) electrons. The minimum absolute atomic E-state index is 0.362. The Morgan fingerprint density at radius 2 is 1.75 bits per heavy atom. The molecule has 1 N–H and O–H groups in total. The van der Waals surface area contributed by atoms with E-state index >= 15 is 0 Å². The molecule has 92 valence electrons. The van der Waals surface area contributed by atoms with Crippen molar-refractivity contribution in [2.45, 2.75) is 31.6 Å². The summed E-state index contributed by atoms with van der Waals surface area (Å²) in [5.41, 5.74) is 0. The third kappa shape index (κ3) is 3.75. The number of hydrogen-bond acceptors (Lipinski definition) is 1. The van der Waals surface area contributed by atoms with Crippen LogP contribution in [0.1, 0.15) is 26.7 Å². The summed E-state index contributed by atoms with van der Waals surface area (Å²) in [6.45, 7) is 4.58. The third-order valence-corrected chi connectivity index (χ3v) is 6.10. The molecule has 1 rings (SSSR count). The Balaban J connectivity index is 2.66. The molecular formula is C14H24OS. The van der Waals surface area contributed by atoms with Gasteiger partial charge in [0.2, 0.25) is 0 Å². The number of hydrogen-bond donors (Lipinski definition) is 1. The number of benzene rings is 1. The molecule has 0 aromatic heterocycles. The highest BCUT2D eigenvalue weighted by Gasteiger charge is 2.15. The zero-order valence-corrected chi connectivity index (χ0v) is 11.7. The van der Waals surface area contributed by atoms with Gasteiger partial charge in [0, 0.05) is 0 Å². The Kier molecular flexibility index (Phi) is 4.72. The molecule has 0 saturated carbocycles. The molecule has 0 amide bonds. The monoisotopic (exact) mass is 240 g/mol. The van der Waals surface area contributed by atoms with Gasteiger partial charge in [-0.25, -0.2) is 10.0 Å². The van der Waals surface area contributed by atoms with Crippen LogP contribution >= 0.6 is 10.0 Å². The van der Waals surface area contributed by atoms with Crippen molar-refractivity contribution in [3.05, 3.63) is 24.3 Å². The standard InChI is InChI=1S/C14H24OS/c1-5-12(2)10-11-16(3,4)14-8-6-13(15)7-9-14/h6-9,12,15H,5,10-11H2,1-4H3. The van der Waals surface area contributed by atoms with Gasteiger partial charge in [-0.15, -0.1) is 0 Å². The van der Waals surface area contributed by atoms with Gasteiger partial charge in [0.25, 0.3) is 0 Å². The predicted molar refractivity (Wildman–Crippen MR) is 74.8 cm³/mol. The van der Waals surface area contributed by atoms with E-state index in [0.717, 1.165) is 5.92 Å². The largest absolute Gasteiger partial charge is 0.508 e. The van der Waals surface area contributed by atoms with E-state index in [4.69, 9.17) is 0 Å². The molecule has 0 bridgehead atoms. The van der Waals surface area contributed by atoms with Crippen LogP contribution in [0.4, 0.5) is 0 Å². The van der Waals surface area contributed by atoms with E-state index in [1.54, 1.807) is 12.1 Å². The van der Waals surface area contributed by atoms with Gasteiger partial charge in [0.05, 0.1) is 0 Å². The molecular weight excluding hydrogens is 216 g/mol. The Morgan fingerprint density at radius 1 is 1.19 bits per heavy atom. The van der Waals surface area contributed by atoms with Gasteiger partial charge in [-0.1, -0.05) is 20.3 Å². The lowest BCUT2D eigenvalue weighted by Gasteiger charge is -2.32. The maximum Gasteiger partial charge on any atom is 0.115 e. The molecule has 0 aliphatic heterocycles. The van der Waals surface area contributed by atoms with Crippen molar-refractivity contribution >= 4 is 10.0 Å². The van der Waals surface area contributed by atoms with Crippen LogP contribution in [0.5, 0.6) is 5.75 Å². The first-order valence-electron chi connectivity index (χ1n) is 5.96. The molecule has 1 aromatic carbocycles. The molecule has 0 heterocycles. The fraction of sp³-hybridized carbons (Fsp3) is 0.571. The average molecular weight is 240 g/mol. The number of phenols is 1. The normalized spacial score (nSPS) is 14.8. The summed E-state index contributed by atoms with van der Waals surface area (Å²) in [6, 6.07) is 7.74. The molecule has 1 aromatic rings. The summed E-state index contributed by atoms with van der Waals surface area (Å²) in [6.07, 6.45) is 7.30. The zero-order chi connectivity index (χ0) is 12.2. The second kappa shape index (κ2) is 5.62. The van der Waals surface area contributed by atoms with E-state index in [2.05, 4.69) is 38.5 Å². The van der Waals surface area contributed by atoms with Crippen LogP contribution in [0, 0.1) is 5.92 Å². The van der Waals surface area contributed by atoms with Crippen molar-refractivity contribution < 1.29 is 5.11 Å². The third-order valence-electron chi connectivity index (χ3n) is 3.29. The molecule has 2 heteroatoms. The van der Waals surface area contributed by atoms with Crippen LogP contribution in [0.25, 0.3) is 0 Å². The molecule has 0 saturated heterocycles. The summed E-state index contributed by atoms with van der Waals surface area (Å²) in [7, 11) is -0.693. The average Bonchev–Trinajstić information content (AvgIpc) is 2.26. The lowest BCUT2D eigenvalue weighted by Crippen LogP contribution is -2.06. The van der Waals surface area contributed by atoms with Gasteiger partial charge >= 0.3 is 0 Å². The molecule has 0 spiro atoms. The second-order valence-corrected chi connectivity index (χ2v) is 8.99. The van der Waals surface area contributed by atoms with Crippen molar-refractivity contribution in [3.63, 3.8) is 0 Å². The first-order valence-corrected chi connectivity index (χ1v) is 8.57. The van der Waals surface area contributed by atoms with E-state index in [9.17, 15) is 5.11 Å².